The zero-order chi connectivity index (χ0) is 13.1. The number of anilines is 3. The first kappa shape index (κ1) is 12.5. The average Bonchev–Trinajstić information content (AvgIpc) is 2.35. The number of nitrogens with two attached hydrogens (primary N) is 1. The van der Waals surface area contributed by atoms with Gasteiger partial charge in [0.05, 0.1) is 24.2 Å². The quantitative estimate of drug-likeness (QED) is 0.831. The molecule has 3 nitrogen and oxygen atoms in total. The van der Waals surface area contributed by atoms with Gasteiger partial charge < -0.3 is 15.8 Å². The predicted octanol–water partition coefficient (Wildman–Crippen LogP) is 3.81. The number of hydrogen-bond acceptors (Lipinski definition) is 3. The number of nitrogen functional groups attached to an aromatic ring is 1. The lowest BCUT2D eigenvalue weighted by Gasteiger charge is -2.12. The number of nitrogens with one attached hydrogen (secondary N) is 1. The maximum Gasteiger partial charge on any atom is 0.148 e. The van der Waals surface area contributed by atoms with E-state index in [-0.39, 0.29) is 0 Å². The summed E-state index contributed by atoms with van der Waals surface area (Å²) < 4.78 is 18.7. The molecule has 0 saturated heterocycles. The summed E-state index contributed by atoms with van der Waals surface area (Å²) >= 11 is 5.69. The van der Waals surface area contributed by atoms with Gasteiger partial charge in [0, 0.05) is 5.02 Å². The van der Waals surface area contributed by atoms with Crippen molar-refractivity contribution in [2.75, 3.05) is 18.2 Å². The molecule has 0 heterocycles. The van der Waals surface area contributed by atoms with Gasteiger partial charge >= 0.3 is 0 Å². The molecule has 0 saturated carbocycles. The maximum absolute atomic E-state index is 13.6. The van der Waals surface area contributed by atoms with E-state index >= 15 is 0 Å². The van der Waals surface area contributed by atoms with Crippen molar-refractivity contribution in [1.82, 2.24) is 0 Å². The molecule has 0 atom stereocenters. The minimum Gasteiger partial charge on any atom is -0.495 e. The highest BCUT2D eigenvalue weighted by Crippen LogP contribution is 2.32. The van der Waals surface area contributed by atoms with Crippen molar-refractivity contribution in [3.05, 3.63) is 47.2 Å². The van der Waals surface area contributed by atoms with Crippen LogP contribution in [0.15, 0.2) is 36.4 Å². The third kappa shape index (κ3) is 2.49. The van der Waals surface area contributed by atoms with Crippen LogP contribution in [0, 0.1) is 5.82 Å². The Morgan fingerprint density at radius 2 is 2.00 bits per heavy atom. The molecule has 2 aromatic carbocycles. The smallest absolute Gasteiger partial charge is 0.148 e. The van der Waals surface area contributed by atoms with Crippen molar-refractivity contribution >= 4 is 28.7 Å². The van der Waals surface area contributed by atoms with E-state index in [2.05, 4.69) is 5.32 Å². The van der Waals surface area contributed by atoms with E-state index in [4.69, 9.17) is 22.1 Å². The molecule has 0 unspecified atom stereocenters. The molecule has 94 valence electrons. The van der Waals surface area contributed by atoms with Crippen LogP contribution in [0.25, 0.3) is 0 Å². The second-order valence-electron chi connectivity index (χ2n) is 3.67. The van der Waals surface area contributed by atoms with Crippen molar-refractivity contribution in [3.63, 3.8) is 0 Å². The maximum atomic E-state index is 13.6. The molecule has 3 N–H and O–H groups in total. The van der Waals surface area contributed by atoms with E-state index in [9.17, 15) is 4.39 Å². The van der Waals surface area contributed by atoms with Crippen molar-refractivity contribution in [2.24, 2.45) is 0 Å². The predicted molar refractivity (Wildman–Crippen MR) is 72.1 cm³/mol. The first-order valence-electron chi connectivity index (χ1n) is 5.26. The first-order chi connectivity index (χ1) is 8.61. The molecule has 0 spiro atoms. The van der Waals surface area contributed by atoms with E-state index in [0.29, 0.717) is 27.8 Å². The second kappa shape index (κ2) is 5.14. The monoisotopic (exact) mass is 266 g/mol. The van der Waals surface area contributed by atoms with Crippen LogP contribution in [0.3, 0.4) is 0 Å². The lowest BCUT2D eigenvalue weighted by Crippen LogP contribution is -2.00. The Morgan fingerprint density at radius 3 is 2.67 bits per heavy atom. The SMILES string of the molecule is COc1cccc(Nc2ccc(Cl)cc2F)c1N. The number of rotatable bonds is 3. The van der Waals surface area contributed by atoms with Crippen LogP contribution >= 0.6 is 11.6 Å². The molecular weight excluding hydrogens is 255 g/mol. The van der Waals surface area contributed by atoms with Gasteiger partial charge in [-0.25, -0.2) is 4.39 Å². The Kier molecular flexibility index (Phi) is 3.58. The van der Waals surface area contributed by atoms with E-state index in [1.807, 2.05) is 0 Å². The van der Waals surface area contributed by atoms with Crippen molar-refractivity contribution in [1.29, 1.82) is 0 Å². The van der Waals surface area contributed by atoms with E-state index < -0.39 is 5.82 Å². The van der Waals surface area contributed by atoms with Gasteiger partial charge in [0.15, 0.2) is 0 Å². The molecule has 5 heteroatoms. The van der Waals surface area contributed by atoms with Gasteiger partial charge in [0.1, 0.15) is 11.6 Å². The van der Waals surface area contributed by atoms with Gasteiger partial charge in [-0.1, -0.05) is 17.7 Å². The van der Waals surface area contributed by atoms with Crippen LogP contribution < -0.4 is 15.8 Å². The number of ether oxygens (including phenoxy) is 1. The lowest BCUT2D eigenvalue weighted by atomic mass is 10.2. The molecule has 0 aromatic heterocycles. The highest BCUT2D eigenvalue weighted by Gasteiger charge is 2.08. The highest BCUT2D eigenvalue weighted by molar-refractivity contribution is 6.30. The Morgan fingerprint density at radius 1 is 1.22 bits per heavy atom. The lowest BCUT2D eigenvalue weighted by molar-refractivity contribution is 0.417. The Labute approximate surface area is 109 Å². The molecule has 0 fully saturated rings. The van der Waals surface area contributed by atoms with Gasteiger partial charge in [-0.15, -0.1) is 0 Å². The van der Waals surface area contributed by atoms with E-state index in [0.717, 1.165) is 0 Å². The summed E-state index contributed by atoms with van der Waals surface area (Å²) in [5, 5.41) is 3.25. The molecule has 0 aliphatic heterocycles. The summed E-state index contributed by atoms with van der Waals surface area (Å²) in [4.78, 5) is 0. The molecule has 0 bridgehead atoms. The number of benzene rings is 2. The van der Waals surface area contributed by atoms with Crippen LogP contribution in [-0.2, 0) is 0 Å². The summed E-state index contributed by atoms with van der Waals surface area (Å²) in [7, 11) is 1.53. The molecule has 2 aromatic rings. The topological polar surface area (TPSA) is 47.3 Å². The summed E-state index contributed by atoms with van der Waals surface area (Å²) in [5.41, 5.74) is 7.20. The largest absolute Gasteiger partial charge is 0.495 e. The third-order valence-electron chi connectivity index (χ3n) is 2.49. The minimum atomic E-state index is -0.440. The normalized spacial score (nSPS) is 10.2. The Hall–Kier alpha value is -1.94. The van der Waals surface area contributed by atoms with Crippen LogP contribution in [0.4, 0.5) is 21.5 Å². The summed E-state index contributed by atoms with van der Waals surface area (Å²) in [6, 6.07) is 9.64. The zero-order valence-electron chi connectivity index (χ0n) is 9.71. The molecule has 18 heavy (non-hydrogen) atoms. The Bertz CT molecular complexity index is 575. The number of para-hydroxylation sites is 1. The van der Waals surface area contributed by atoms with Gasteiger partial charge in [0.25, 0.3) is 0 Å². The second-order valence-corrected chi connectivity index (χ2v) is 4.11. The van der Waals surface area contributed by atoms with Gasteiger partial charge in [-0.05, 0) is 30.3 Å². The fourth-order valence-electron chi connectivity index (χ4n) is 1.57. The molecule has 0 aliphatic rings. The van der Waals surface area contributed by atoms with Gasteiger partial charge in [-0.3, -0.25) is 0 Å². The van der Waals surface area contributed by atoms with Crippen molar-refractivity contribution < 1.29 is 9.13 Å². The van der Waals surface area contributed by atoms with Crippen LogP contribution in [0.2, 0.25) is 5.02 Å². The van der Waals surface area contributed by atoms with Crippen molar-refractivity contribution in [2.45, 2.75) is 0 Å². The van der Waals surface area contributed by atoms with Crippen molar-refractivity contribution in [3.8, 4) is 5.75 Å². The Balaban J connectivity index is 2.34. The molecular formula is C13H12ClFN2O. The summed E-state index contributed by atoms with van der Waals surface area (Å²) in [6.45, 7) is 0. The van der Waals surface area contributed by atoms with Crippen LogP contribution in [0.1, 0.15) is 0 Å². The molecule has 2 rings (SSSR count). The standard InChI is InChI=1S/C13H12ClFN2O/c1-18-12-4-2-3-11(13(12)16)17-10-6-5-8(14)7-9(10)15/h2-7,17H,16H2,1H3. The van der Waals surface area contributed by atoms with E-state index in [1.54, 1.807) is 30.3 Å². The minimum absolute atomic E-state index is 0.305. The summed E-state index contributed by atoms with van der Waals surface area (Å²) in [5.74, 6) is 0.0964. The summed E-state index contributed by atoms with van der Waals surface area (Å²) in [6.07, 6.45) is 0. The molecule has 0 amide bonds. The zero-order valence-corrected chi connectivity index (χ0v) is 10.5. The third-order valence-corrected chi connectivity index (χ3v) is 2.72. The molecule has 0 radical (unpaired) electrons. The van der Waals surface area contributed by atoms with Gasteiger partial charge in [0.2, 0.25) is 0 Å². The highest BCUT2D eigenvalue weighted by atomic mass is 35.5. The fourth-order valence-corrected chi connectivity index (χ4v) is 1.73. The first-order valence-corrected chi connectivity index (χ1v) is 5.64. The van der Waals surface area contributed by atoms with E-state index in [1.165, 1.54) is 13.2 Å². The average molecular weight is 267 g/mol. The number of methoxy groups -OCH3 is 1. The number of halogens is 2. The molecule has 0 aliphatic carbocycles. The number of hydrogen-bond donors (Lipinski definition) is 2. The van der Waals surface area contributed by atoms with Crippen LogP contribution in [-0.4, -0.2) is 7.11 Å². The van der Waals surface area contributed by atoms with Crippen LogP contribution in [0.5, 0.6) is 5.75 Å². The fraction of sp³-hybridized carbons (Fsp3) is 0.0769. The van der Waals surface area contributed by atoms with Gasteiger partial charge in [-0.2, -0.15) is 0 Å².